The van der Waals surface area contributed by atoms with Gasteiger partial charge in [0, 0.05) is 0 Å². The number of benzene rings is 1. The van der Waals surface area contributed by atoms with Crippen molar-refractivity contribution in [2.75, 3.05) is 0 Å². The second kappa shape index (κ2) is 3.16. The van der Waals surface area contributed by atoms with Gasteiger partial charge in [0.1, 0.15) is 5.75 Å². The summed E-state index contributed by atoms with van der Waals surface area (Å²) in [6, 6.07) is 5.48. The van der Waals surface area contributed by atoms with Crippen molar-refractivity contribution >= 4 is 6.29 Å². The lowest BCUT2D eigenvalue weighted by Crippen LogP contribution is -2.10. The van der Waals surface area contributed by atoms with E-state index in [0.717, 1.165) is 0 Å². The molecule has 0 aliphatic rings. The summed E-state index contributed by atoms with van der Waals surface area (Å²) in [6.45, 7) is 0. The normalized spacial score (nSPS) is 12.5. The molecule has 0 amide bonds. The fraction of sp³-hybridized carbons (Fsp3) is 0.125. The predicted octanol–water partition coefficient (Wildman–Crippen LogP) is 0.502. The van der Waals surface area contributed by atoms with Crippen molar-refractivity contribution in [3.63, 3.8) is 0 Å². The summed E-state index contributed by atoms with van der Waals surface area (Å²) in [5.41, 5.74) is 5.90. The molecule has 1 unspecified atom stereocenters. The molecule has 1 rings (SSSR count). The number of aromatic hydroxyl groups is 1. The van der Waals surface area contributed by atoms with Crippen LogP contribution in [0.15, 0.2) is 24.3 Å². The monoisotopic (exact) mass is 150 g/mol. The highest BCUT2D eigenvalue weighted by Gasteiger charge is 2.04. The molecule has 1 aromatic carbocycles. The van der Waals surface area contributed by atoms with Crippen LogP contribution in [0.4, 0.5) is 0 Å². The fourth-order valence-corrected chi connectivity index (χ4v) is 0.786. The lowest BCUT2D eigenvalue weighted by atomic mass is 10.1. The predicted molar refractivity (Wildman–Crippen MR) is 40.7 cm³/mol. The van der Waals surface area contributed by atoms with Crippen molar-refractivity contribution in [3.05, 3.63) is 29.8 Å². The first kappa shape index (κ1) is 7.75. The topological polar surface area (TPSA) is 63.3 Å². The van der Waals surface area contributed by atoms with Crippen LogP contribution in [0.2, 0.25) is 0 Å². The van der Waals surface area contributed by atoms with Crippen LogP contribution in [0.5, 0.6) is 5.75 Å². The van der Waals surface area contributed by atoms with Crippen LogP contribution in [0.1, 0.15) is 11.6 Å². The van der Waals surface area contributed by atoms with Crippen LogP contribution >= 0.6 is 0 Å². The third-order valence-electron chi connectivity index (χ3n) is 1.36. The number of hydrogen-bond donors (Lipinski definition) is 2. The molecule has 0 spiro atoms. The van der Waals surface area contributed by atoms with Crippen LogP contribution in [0.3, 0.4) is 0 Å². The summed E-state index contributed by atoms with van der Waals surface area (Å²) < 4.78 is 0. The Morgan fingerprint density at radius 1 is 1.55 bits per heavy atom. The molecule has 11 heavy (non-hydrogen) atoms. The smallest absolute Gasteiger partial charge is 0.221 e. The van der Waals surface area contributed by atoms with Crippen LogP contribution in [-0.2, 0) is 4.79 Å². The summed E-state index contributed by atoms with van der Waals surface area (Å²) in [6.07, 6.45) is 1.63. The van der Waals surface area contributed by atoms with E-state index in [-0.39, 0.29) is 5.75 Å². The van der Waals surface area contributed by atoms with Crippen LogP contribution < -0.4 is 5.73 Å². The lowest BCUT2D eigenvalue weighted by Gasteiger charge is -2.02. The van der Waals surface area contributed by atoms with Crippen molar-refractivity contribution < 1.29 is 9.90 Å². The second-order valence-electron chi connectivity index (χ2n) is 2.19. The standard InChI is InChI=1S/C8H8NO2/c9-8(5-10)6-2-1-3-7(11)4-6/h1-4,8,11H,9H2. The van der Waals surface area contributed by atoms with Crippen molar-refractivity contribution in [1.82, 2.24) is 0 Å². The van der Waals surface area contributed by atoms with E-state index < -0.39 is 6.04 Å². The van der Waals surface area contributed by atoms with Crippen molar-refractivity contribution in [3.8, 4) is 5.75 Å². The minimum absolute atomic E-state index is 0.105. The van der Waals surface area contributed by atoms with E-state index in [1.165, 1.54) is 12.1 Å². The highest BCUT2D eigenvalue weighted by molar-refractivity contribution is 5.62. The number of nitrogens with two attached hydrogens (primary N) is 1. The molecule has 0 aromatic heterocycles. The van der Waals surface area contributed by atoms with E-state index >= 15 is 0 Å². The Labute approximate surface area is 64.5 Å². The number of hydrogen-bond acceptors (Lipinski definition) is 3. The minimum atomic E-state index is -0.762. The van der Waals surface area contributed by atoms with Gasteiger partial charge >= 0.3 is 0 Å². The summed E-state index contributed by atoms with van der Waals surface area (Å²) in [5.74, 6) is 0.105. The maximum Gasteiger partial charge on any atom is 0.221 e. The van der Waals surface area contributed by atoms with Gasteiger partial charge in [-0.1, -0.05) is 12.1 Å². The summed E-state index contributed by atoms with van der Waals surface area (Å²) in [5, 5.41) is 8.97. The number of phenols is 1. The number of rotatable bonds is 2. The third kappa shape index (κ3) is 1.78. The van der Waals surface area contributed by atoms with E-state index in [1.54, 1.807) is 18.4 Å². The molecule has 3 nitrogen and oxygen atoms in total. The Hall–Kier alpha value is -1.35. The van der Waals surface area contributed by atoms with E-state index in [1.807, 2.05) is 0 Å². The first-order chi connectivity index (χ1) is 5.24. The zero-order valence-electron chi connectivity index (χ0n) is 5.82. The highest BCUT2D eigenvalue weighted by atomic mass is 16.3. The van der Waals surface area contributed by atoms with Gasteiger partial charge in [-0.25, -0.2) is 0 Å². The van der Waals surface area contributed by atoms with E-state index in [9.17, 15) is 4.79 Å². The molecular weight excluding hydrogens is 142 g/mol. The van der Waals surface area contributed by atoms with Gasteiger partial charge in [0.2, 0.25) is 6.29 Å². The molecule has 1 radical (unpaired) electrons. The molecule has 0 aliphatic carbocycles. The van der Waals surface area contributed by atoms with Gasteiger partial charge in [0.05, 0.1) is 6.04 Å². The summed E-state index contributed by atoms with van der Waals surface area (Å²) in [7, 11) is 0. The fourth-order valence-electron chi connectivity index (χ4n) is 0.786. The molecule has 0 fully saturated rings. The number of phenolic OH excluding ortho intramolecular Hbond substituents is 1. The average molecular weight is 150 g/mol. The molecule has 57 valence electrons. The van der Waals surface area contributed by atoms with Crippen LogP contribution in [0, 0.1) is 0 Å². The molecule has 3 heteroatoms. The molecule has 0 aliphatic heterocycles. The van der Waals surface area contributed by atoms with E-state index in [2.05, 4.69) is 0 Å². The van der Waals surface area contributed by atoms with Gasteiger partial charge in [0.15, 0.2) is 0 Å². The summed E-state index contributed by atoms with van der Waals surface area (Å²) in [4.78, 5) is 10.1. The quantitative estimate of drug-likeness (QED) is 0.645. The third-order valence-corrected chi connectivity index (χ3v) is 1.36. The maximum atomic E-state index is 10.1. The largest absolute Gasteiger partial charge is 0.508 e. The van der Waals surface area contributed by atoms with Gasteiger partial charge in [-0.3, -0.25) is 4.79 Å². The maximum absolute atomic E-state index is 10.1. The molecule has 0 heterocycles. The van der Waals surface area contributed by atoms with Crippen LogP contribution in [0.25, 0.3) is 0 Å². The van der Waals surface area contributed by atoms with Gasteiger partial charge in [-0.2, -0.15) is 0 Å². The molecule has 1 aromatic rings. The van der Waals surface area contributed by atoms with Crippen LogP contribution in [-0.4, -0.2) is 11.4 Å². The Kier molecular flexibility index (Phi) is 2.23. The molecule has 0 bridgehead atoms. The Morgan fingerprint density at radius 2 is 2.27 bits per heavy atom. The van der Waals surface area contributed by atoms with E-state index in [0.29, 0.717) is 5.56 Å². The second-order valence-corrected chi connectivity index (χ2v) is 2.19. The van der Waals surface area contributed by atoms with Gasteiger partial charge < -0.3 is 10.8 Å². The average Bonchev–Trinajstić information content (AvgIpc) is 2.03. The first-order valence-corrected chi connectivity index (χ1v) is 3.16. The molecular formula is C8H8NO2. The van der Waals surface area contributed by atoms with E-state index in [4.69, 9.17) is 10.8 Å². The van der Waals surface area contributed by atoms with Gasteiger partial charge in [0.25, 0.3) is 0 Å². The Balaban J connectivity index is 2.95. The molecule has 3 N–H and O–H groups in total. The molecule has 0 saturated heterocycles. The van der Waals surface area contributed by atoms with Gasteiger partial charge in [-0.15, -0.1) is 0 Å². The summed E-state index contributed by atoms with van der Waals surface area (Å²) >= 11 is 0. The van der Waals surface area contributed by atoms with Crippen molar-refractivity contribution in [2.45, 2.75) is 6.04 Å². The lowest BCUT2D eigenvalue weighted by molar-refractivity contribution is 0.474. The first-order valence-electron chi connectivity index (χ1n) is 3.16. The zero-order valence-corrected chi connectivity index (χ0v) is 5.82. The zero-order chi connectivity index (χ0) is 8.27. The SMILES string of the molecule is NC([C]=O)c1cccc(O)c1. The molecule has 0 saturated carbocycles. The highest BCUT2D eigenvalue weighted by Crippen LogP contribution is 2.14. The Morgan fingerprint density at radius 3 is 2.82 bits per heavy atom. The van der Waals surface area contributed by atoms with Crippen molar-refractivity contribution in [2.24, 2.45) is 5.73 Å². The van der Waals surface area contributed by atoms with Crippen molar-refractivity contribution in [1.29, 1.82) is 0 Å². The molecule has 1 atom stereocenters. The van der Waals surface area contributed by atoms with Gasteiger partial charge in [-0.05, 0) is 17.7 Å². The minimum Gasteiger partial charge on any atom is -0.508 e. The Bertz CT molecular complexity index is 260. The number of carbonyl (C=O) groups excluding carboxylic acids is 1.